The van der Waals surface area contributed by atoms with Crippen LogP contribution in [0.2, 0.25) is 0 Å². The molecule has 4 rings (SSSR count). The van der Waals surface area contributed by atoms with Crippen molar-refractivity contribution in [1.82, 2.24) is 4.90 Å². The number of piperidine rings is 1. The molecule has 1 unspecified atom stereocenters. The molecule has 27 heavy (non-hydrogen) atoms. The number of benzene rings is 1. The fourth-order valence-electron chi connectivity index (χ4n) is 5.28. The predicted molar refractivity (Wildman–Crippen MR) is 103 cm³/mol. The second-order valence-corrected chi connectivity index (χ2v) is 8.78. The lowest BCUT2D eigenvalue weighted by Crippen LogP contribution is -2.61. The van der Waals surface area contributed by atoms with Gasteiger partial charge in [-0.3, -0.25) is 9.69 Å². The highest BCUT2D eigenvalue weighted by Crippen LogP contribution is 2.42. The quantitative estimate of drug-likeness (QED) is 0.758. The van der Waals surface area contributed by atoms with E-state index in [2.05, 4.69) is 24.0 Å². The Kier molecular flexibility index (Phi) is 5.00. The molecule has 0 aromatic heterocycles. The number of hydrogen-bond donors (Lipinski definition) is 0. The van der Waals surface area contributed by atoms with Gasteiger partial charge in [0.15, 0.2) is 0 Å². The van der Waals surface area contributed by atoms with E-state index in [1.165, 1.54) is 5.56 Å². The molecule has 1 aromatic rings. The molecule has 1 atom stereocenters. The first-order chi connectivity index (χ1) is 12.9. The van der Waals surface area contributed by atoms with Crippen molar-refractivity contribution in [2.75, 3.05) is 24.5 Å². The number of likely N-dealkylation sites (tertiary alicyclic amines) is 1. The number of alkyl halides is 2. The molecule has 5 heteroatoms. The lowest BCUT2D eigenvalue weighted by Gasteiger charge is -2.46. The van der Waals surface area contributed by atoms with E-state index in [0.29, 0.717) is 18.8 Å². The highest BCUT2D eigenvalue weighted by Gasteiger charge is 2.51. The van der Waals surface area contributed by atoms with Crippen LogP contribution in [0.25, 0.3) is 0 Å². The van der Waals surface area contributed by atoms with Gasteiger partial charge in [-0.15, -0.1) is 0 Å². The van der Waals surface area contributed by atoms with Crippen molar-refractivity contribution in [3.05, 3.63) is 29.8 Å². The monoisotopic (exact) mass is 376 g/mol. The molecule has 2 heterocycles. The summed E-state index contributed by atoms with van der Waals surface area (Å²) in [5, 5.41) is 0. The summed E-state index contributed by atoms with van der Waals surface area (Å²) in [5.74, 6) is -1.97. The number of halogens is 2. The topological polar surface area (TPSA) is 23.6 Å². The number of carbonyl (C=O) groups excluding carboxylic acids is 1. The molecule has 1 aromatic carbocycles. The minimum Gasteiger partial charge on any atom is -0.311 e. The first kappa shape index (κ1) is 18.9. The predicted octanol–water partition coefficient (Wildman–Crippen LogP) is 4.78. The molecule has 1 saturated carbocycles. The molecule has 2 aliphatic heterocycles. The highest BCUT2D eigenvalue weighted by atomic mass is 19.3. The van der Waals surface area contributed by atoms with Crippen LogP contribution in [0.1, 0.15) is 56.9 Å². The standard InChI is InChI=1S/C22H30F2N2O/c1-17-4-6-19(7-5-17)26-15-3-11-21(20(26)27)10-2-14-25(21)16-18-8-12-22(23,24)13-9-18/h4-7,18H,2-3,8-16H2,1H3. The fraction of sp³-hybridized carbons (Fsp3) is 0.682. The maximum atomic E-state index is 13.6. The van der Waals surface area contributed by atoms with E-state index in [0.717, 1.165) is 51.0 Å². The molecule has 148 valence electrons. The summed E-state index contributed by atoms with van der Waals surface area (Å²) in [5.41, 5.74) is 1.76. The van der Waals surface area contributed by atoms with Crippen molar-refractivity contribution >= 4 is 11.6 Å². The summed E-state index contributed by atoms with van der Waals surface area (Å²) in [7, 11) is 0. The highest BCUT2D eigenvalue weighted by molar-refractivity contribution is 6.01. The molecule has 2 saturated heterocycles. The molecular weight excluding hydrogens is 346 g/mol. The van der Waals surface area contributed by atoms with Gasteiger partial charge < -0.3 is 4.90 Å². The molecule has 1 aliphatic carbocycles. The smallest absolute Gasteiger partial charge is 0.248 e. The molecular formula is C22H30F2N2O. The van der Waals surface area contributed by atoms with Crippen LogP contribution in [-0.4, -0.2) is 41.9 Å². The molecule has 1 spiro atoms. The number of hydrogen-bond acceptors (Lipinski definition) is 2. The zero-order valence-electron chi connectivity index (χ0n) is 16.2. The van der Waals surface area contributed by atoms with Gasteiger partial charge in [0.25, 0.3) is 0 Å². The Bertz CT molecular complexity index is 680. The van der Waals surface area contributed by atoms with Gasteiger partial charge >= 0.3 is 0 Å². The maximum Gasteiger partial charge on any atom is 0.248 e. The van der Waals surface area contributed by atoms with Crippen molar-refractivity contribution in [2.24, 2.45) is 5.92 Å². The average molecular weight is 376 g/mol. The van der Waals surface area contributed by atoms with E-state index >= 15 is 0 Å². The molecule has 3 nitrogen and oxygen atoms in total. The Morgan fingerprint density at radius 2 is 1.63 bits per heavy atom. The van der Waals surface area contributed by atoms with Crippen LogP contribution < -0.4 is 4.90 Å². The minimum atomic E-state index is -2.48. The van der Waals surface area contributed by atoms with E-state index < -0.39 is 11.5 Å². The van der Waals surface area contributed by atoms with Gasteiger partial charge in [-0.05, 0) is 70.0 Å². The van der Waals surface area contributed by atoms with Crippen molar-refractivity contribution in [3.8, 4) is 0 Å². The van der Waals surface area contributed by atoms with Crippen LogP contribution in [0, 0.1) is 12.8 Å². The zero-order chi connectivity index (χ0) is 19.1. The SMILES string of the molecule is Cc1ccc(N2CCCC3(CCCN3CC3CCC(F)(F)CC3)C2=O)cc1. The van der Waals surface area contributed by atoms with Crippen LogP contribution in [0.3, 0.4) is 0 Å². The summed E-state index contributed by atoms with van der Waals surface area (Å²) in [6, 6.07) is 8.18. The van der Waals surface area contributed by atoms with Crippen LogP contribution in [0.5, 0.6) is 0 Å². The van der Waals surface area contributed by atoms with Gasteiger partial charge in [-0.25, -0.2) is 8.78 Å². The van der Waals surface area contributed by atoms with Crippen molar-refractivity contribution in [1.29, 1.82) is 0 Å². The number of carbonyl (C=O) groups is 1. The lowest BCUT2D eigenvalue weighted by molar-refractivity contribution is -0.132. The van der Waals surface area contributed by atoms with Gasteiger partial charge in [0, 0.05) is 31.6 Å². The van der Waals surface area contributed by atoms with Crippen LogP contribution in [-0.2, 0) is 4.79 Å². The molecule has 3 fully saturated rings. The Hall–Kier alpha value is -1.49. The van der Waals surface area contributed by atoms with Gasteiger partial charge in [-0.1, -0.05) is 17.7 Å². The van der Waals surface area contributed by atoms with Crippen LogP contribution in [0.4, 0.5) is 14.5 Å². The average Bonchev–Trinajstić information content (AvgIpc) is 3.03. The number of rotatable bonds is 3. The van der Waals surface area contributed by atoms with E-state index in [9.17, 15) is 13.6 Å². The largest absolute Gasteiger partial charge is 0.311 e. The number of aryl methyl sites for hydroxylation is 1. The van der Waals surface area contributed by atoms with Crippen molar-refractivity contribution < 1.29 is 13.6 Å². The fourth-order valence-corrected chi connectivity index (χ4v) is 5.28. The summed E-state index contributed by atoms with van der Waals surface area (Å²) in [6.45, 7) is 4.53. The minimum absolute atomic E-state index is 0.00193. The molecule has 0 bridgehead atoms. The Labute approximate surface area is 160 Å². The summed E-state index contributed by atoms with van der Waals surface area (Å²) in [6.07, 6.45) is 4.98. The van der Waals surface area contributed by atoms with E-state index in [-0.39, 0.29) is 18.7 Å². The normalized spacial score (nSPS) is 29.6. The number of nitrogens with zero attached hydrogens (tertiary/aromatic N) is 2. The van der Waals surface area contributed by atoms with Gasteiger partial charge in [0.1, 0.15) is 5.54 Å². The second kappa shape index (κ2) is 7.16. The van der Waals surface area contributed by atoms with E-state index in [4.69, 9.17) is 0 Å². The van der Waals surface area contributed by atoms with E-state index in [1.807, 2.05) is 17.0 Å². The van der Waals surface area contributed by atoms with Crippen LogP contribution in [0.15, 0.2) is 24.3 Å². The van der Waals surface area contributed by atoms with Crippen molar-refractivity contribution in [3.63, 3.8) is 0 Å². The van der Waals surface area contributed by atoms with Crippen molar-refractivity contribution in [2.45, 2.75) is 69.8 Å². The molecule has 0 radical (unpaired) electrons. The first-order valence-electron chi connectivity index (χ1n) is 10.4. The number of amides is 1. The summed E-state index contributed by atoms with van der Waals surface area (Å²) >= 11 is 0. The van der Waals surface area contributed by atoms with E-state index in [1.54, 1.807) is 0 Å². The molecule has 0 N–H and O–H groups in total. The maximum absolute atomic E-state index is 13.6. The molecule has 1 amide bonds. The Balaban J connectivity index is 1.50. The van der Waals surface area contributed by atoms with Gasteiger partial charge in [-0.2, -0.15) is 0 Å². The van der Waals surface area contributed by atoms with Gasteiger partial charge in [0.2, 0.25) is 11.8 Å². The second-order valence-electron chi connectivity index (χ2n) is 8.78. The lowest BCUT2D eigenvalue weighted by atomic mass is 9.82. The molecule has 3 aliphatic rings. The zero-order valence-corrected chi connectivity index (χ0v) is 16.2. The summed E-state index contributed by atoms with van der Waals surface area (Å²) in [4.78, 5) is 17.9. The first-order valence-corrected chi connectivity index (χ1v) is 10.4. The van der Waals surface area contributed by atoms with Gasteiger partial charge in [0.05, 0.1) is 0 Å². The third-order valence-electron chi connectivity index (χ3n) is 6.90. The van der Waals surface area contributed by atoms with Crippen LogP contribution >= 0.6 is 0 Å². The summed E-state index contributed by atoms with van der Waals surface area (Å²) < 4.78 is 27.0. The Morgan fingerprint density at radius 1 is 1.00 bits per heavy atom. The Morgan fingerprint density at radius 3 is 2.30 bits per heavy atom. The third kappa shape index (κ3) is 3.63. The third-order valence-corrected chi connectivity index (χ3v) is 6.90. The number of anilines is 1.